The molecule has 0 spiro atoms. The smallest absolute Gasteiger partial charge is 0.00200 e. The molecule has 7 rings (SSSR count). The second-order valence-corrected chi connectivity index (χ2v) is 9.40. The van der Waals surface area contributed by atoms with Gasteiger partial charge in [-0.05, 0) is 72.3 Å². The van der Waals surface area contributed by atoms with E-state index in [2.05, 4.69) is 134 Å². The molecule has 0 aliphatic heterocycles. The highest BCUT2D eigenvalue weighted by atomic mass is 14.2. The van der Waals surface area contributed by atoms with Crippen molar-refractivity contribution in [2.75, 3.05) is 0 Å². The molecular formula is C39H36. The Kier molecular flexibility index (Phi) is 7.75. The van der Waals surface area contributed by atoms with E-state index in [4.69, 9.17) is 0 Å². The Hall–Kier alpha value is -4.42. The summed E-state index contributed by atoms with van der Waals surface area (Å²) in [6.07, 6.45) is 0. The van der Waals surface area contributed by atoms with Gasteiger partial charge in [-0.1, -0.05) is 161 Å². The molecule has 7 aromatic rings. The summed E-state index contributed by atoms with van der Waals surface area (Å²) >= 11 is 0. The van der Waals surface area contributed by atoms with Crippen LogP contribution in [0.2, 0.25) is 0 Å². The Morgan fingerprint density at radius 1 is 0.333 bits per heavy atom. The highest BCUT2D eigenvalue weighted by molar-refractivity contribution is 6.25. The molecule has 0 aromatic heterocycles. The number of benzene rings is 7. The van der Waals surface area contributed by atoms with Crippen LogP contribution < -0.4 is 0 Å². The van der Waals surface area contributed by atoms with Gasteiger partial charge in [0.15, 0.2) is 0 Å². The molecule has 0 heterocycles. The lowest BCUT2D eigenvalue weighted by Crippen LogP contribution is -1.93. The predicted octanol–water partition coefficient (Wildman–Crippen LogP) is 12.0. The standard InChI is InChI=1S/C35H24.2C2H6/c1-23-20-21-32-33(22-23)35(29-19-9-13-25-11-3-5-15-27(25)29)31-17-7-6-16-30(31)34(32)28-18-8-12-24-10-2-4-14-26(24)28;2*1-2/h2-22H,1H3;2*1-2H3. The zero-order valence-corrected chi connectivity index (χ0v) is 23.6. The van der Waals surface area contributed by atoms with Gasteiger partial charge < -0.3 is 0 Å². The summed E-state index contributed by atoms with van der Waals surface area (Å²) in [5.74, 6) is 0. The van der Waals surface area contributed by atoms with Gasteiger partial charge in [0.25, 0.3) is 0 Å². The first kappa shape index (κ1) is 26.2. The molecule has 0 aliphatic carbocycles. The lowest BCUT2D eigenvalue weighted by Gasteiger charge is -2.20. The zero-order chi connectivity index (χ0) is 27.4. The van der Waals surface area contributed by atoms with E-state index in [1.807, 2.05) is 27.7 Å². The number of aryl methyl sites for hydroxylation is 1. The van der Waals surface area contributed by atoms with Gasteiger partial charge in [-0.3, -0.25) is 0 Å². The normalized spacial score (nSPS) is 10.7. The lowest BCUT2D eigenvalue weighted by molar-refractivity contribution is 1.50. The Labute approximate surface area is 232 Å². The molecule has 0 fully saturated rings. The Morgan fingerprint density at radius 3 is 1.23 bits per heavy atom. The number of hydrogen-bond donors (Lipinski definition) is 0. The van der Waals surface area contributed by atoms with E-state index >= 15 is 0 Å². The van der Waals surface area contributed by atoms with Crippen LogP contribution in [0.15, 0.2) is 127 Å². The van der Waals surface area contributed by atoms with E-state index in [9.17, 15) is 0 Å². The van der Waals surface area contributed by atoms with Crippen molar-refractivity contribution < 1.29 is 0 Å². The van der Waals surface area contributed by atoms with Crippen LogP contribution in [0.3, 0.4) is 0 Å². The first-order chi connectivity index (χ1) is 19.3. The van der Waals surface area contributed by atoms with Gasteiger partial charge in [-0.25, -0.2) is 0 Å². The van der Waals surface area contributed by atoms with Crippen molar-refractivity contribution in [1.82, 2.24) is 0 Å². The summed E-state index contributed by atoms with van der Waals surface area (Å²) in [6.45, 7) is 10.2. The van der Waals surface area contributed by atoms with Crippen molar-refractivity contribution in [1.29, 1.82) is 0 Å². The van der Waals surface area contributed by atoms with Crippen LogP contribution in [0.4, 0.5) is 0 Å². The van der Waals surface area contributed by atoms with Crippen molar-refractivity contribution in [2.24, 2.45) is 0 Å². The zero-order valence-electron chi connectivity index (χ0n) is 23.6. The minimum atomic E-state index is 1.27. The van der Waals surface area contributed by atoms with Crippen molar-refractivity contribution in [3.8, 4) is 22.3 Å². The SMILES string of the molecule is CC.CC.Cc1ccc2c(-c3cccc4ccccc34)c3ccccc3c(-c3cccc4ccccc34)c2c1. The van der Waals surface area contributed by atoms with E-state index in [-0.39, 0.29) is 0 Å². The quantitative estimate of drug-likeness (QED) is 0.205. The van der Waals surface area contributed by atoms with Crippen LogP contribution in [-0.2, 0) is 0 Å². The Balaban J connectivity index is 0.000000738. The number of fused-ring (bicyclic) bond motifs is 4. The summed E-state index contributed by atoms with van der Waals surface area (Å²) in [7, 11) is 0. The Morgan fingerprint density at radius 2 is 0.718 bits per heavy atom. The molecular weight excluding hydrogens is 468 g/mol. The van der Waals surface area contributed by atoms with Crippen molar-refractivity contribution >= 4 is 43.1 Å². The summed E-state index contributed by atoms with van der Waals surface area (Å²) < 4.78 is 0. The van der Waals surface area contributed by atoms with E-state index < -0.39 is 0 Å². The van der Waals surface area contributed by atoms with Gasteiger partial charge in [0.1, 0.15) is 0 Å². The maximum Gasteiger partial charge on any atom is -0.00200 e. The van der Waals surface area contributed by atoms with Gasteiger partial charge in [0, 0.05) is 0 Å². The third-order valence-corrected chi connectivity index (χ3v) is 7.30. The molecule has 0 nitrogen and oxygen atoms in total. The fourth-order valence-corrected chi connectivity index (χ4v) is 5.76. The highest BCUT2D eigenvalue weighted by Gasteiger charge is 2.19. The maximum absolute atomic E-state index is 2.37. The van der Waals surface area contributed by atoms with Gasteiger partial charge >= 0.3 is 0 Å². The fraction of sp³-hybridized carbons (Fsp3) is 0.128. The average molecular weight is 505 g/mol. The highest BCUT2D eigenvalue weighted by Crippen LogP contribution is 2.46. The van der Waals surface area contributed by atoms with Crippen LogP contribution >= 0.6 is 0 Å². The van der Waals surface area contributed by atoms with Crippen molar-refractivity contribution in [2.45, 2.75) is 34.6 Å². The van der Waals surface area contributed by atoms with E-state index in [0.29, 0.717) is 0 Å². The molecule has 192 valence electrons. The molecule has 0 aliphatic rings. The second-order valence-electron chi connectivity index (χ2n) is 9.40. The molecule has 0 N–H and O–H groups in total. The fourth-order valence-electron chi connectivity index (χ4n) is 5.76. The minimum absolute atomic E-state index is 1.27. The monoisotopic (exact) mass is 504 g/mol. The largest absolute Gasteiger partial charge is 0.0683 e. The van der Waals surface area contributed by atoms with E-state index in [1.165, 1.54) is 70.9 Å². The summed E-state index contributed by atoms with van der Waals surface area (Å²) in [6, 6.07) is 46.7. The van der Waals surface area contributed by atoms with Gasteiger partial charge in [0.05, 0.1) is 0 Å². The maximum atomic E-state index is 2.37. The number of rotatable bonds is 2. The van der Waals surface area contributed by atoms with Crippen LogP contribution in [0.1, 0.15) is 33.3 Å². The van der Waals surface area contributed by atoms with E-state index in [0.717, 1.165) is 0 Å². The topological polar surface area (TPSA) is 0 Å². The molecule has 0 heteroatoms. The third kappa shape index (κ3) is 4.57. The molecule has 39 heavy (non-hydrogen) atoms. The molecule has 0 radical (unpaired) electrons. The predicted molar refractivity (Wildman–Crippen MR) is 175 cm³/mol. The van der Waals surface area contributed by atoms with Crippen LogP contribution in [0, 0.1) is 6.92 Å². The number of hydrogen-bond acceptors (Lipinski definition) is 0. The molecule has 0 atom stereocenters. The molecule has 0 bridgehead atoms. The molecule has 0 amide bonds. The van der Waals surface area contributed by atoms with Crippen LogP contribution in [0.25, 0.3) is 65.3 Å². The second kappa shape index (κ2) is 11.5. The van der Waals surface area contributed by atoms with E-state index in [1.54, 1.807) is 0 Å². The van der Waals surface area contributed by atoms with Crippen LogP contribution in [-0.4, -0.2) is 0 Å². The summed E-state index contributed by atoms with van der Waals surface area (Å²) in [5, 5.41) is 10.3. The summed E-state index contributed by atoms with van der Waals surface area (Å²) in [4.78, 5) is 0. The Bertz CT molecular complexity index is 1900. The summed E-state index contributed by atoms with van der Waals surface area (Å²) in [5.41, 5.74) is 6.49. The molecule has 0 unspecified atom stereocenters. The third-order valence-electron chi connectivity index (χ3n) is 7.30. The minimum Gasteiger partial charge on any atom is -0.0683 e. The van der Waals surface area contributed by atoms with Gasteiger partial charge in [-0.15, -0.1) is 0 Å². The first-order valence-electron chi connectivity index (χ1n) is 14.2. The molecule has 7 aromatic carbocycles. The first-order valence-corrected chi connectivity index (χ1v) is 14.2. The van der Waals surface area contributed by atoms with Gasteiger partial charge in [-0.2, -0.15) is 0 Å². The van der Waals surface area contributed by atoms with Gasteiger partial charge in [0.2, 0.25) is 0 Å². The molecule has 0 saturated heterocycles. The van der Waals surface area contributed by atoms with Crippen LogP contribution in [0.5, 0.6) is 0 Å². The average Bonchev–Trinajstić information content (AvgIpc) is 3.01. The van der Waals surface area contributed by atoms with Crippen molar-refractivity contribution in [3.05, 3.63) is 133 Å². The molecule has 0 saturated carbocycles. The van der Waals surface area contributed by atoms with Crippen molar-refractivity contribution in [3.63, 3.8) is 0 Å². The lowest BCUT2D eigenvalue weighted by atomic mass is 9.83.